The van der Waals surface area contributed by atoms with Crippen molar-refractivity contribution in [3.05, 3.63) is 0 Å². The summed E-state index contributed by atoms with van der Waals surface area (Å²) in [5.41, 5.74) is -0.629. The summed E-state index contributed by atoms with van der Waals surface area (Å²) >= 11 is 0. The zero-order valence-corrected chi connectivity index (χ0v) is 11.5. The normalized spacial score (nSPS) is 23.6. The number of rotatable bonds is 2. The molecule has 1 aliphatic heterocycles. The summed E-state index contributed by atoms with van der Waals surface area (Å²) in [6.07, 6.45) is -2.04. The van der Waals surface area contributed by atoms with Crippen molar-refractivity contribution in [2.24, 2.45) is 5.92 Å². The van der Waals surface area contributed by atoms with Crippen molar-refractivity contribution in [2.45, 2.75) is 45.4 Å². The van der Waals surface area contributed by atoms with Gasteiger partial charge in [-0.15, -0.1) is 0 Å². The van der Waals surface area contributed by atoms with Gasteiger partial charge >= 0.3 is 6.09 Å². The molecule has 1 heterocycles. The first-order chi connectivity index (χ1) is 8.74. The number of ether oxygens (including phenoxy) is 1. The number of alkyl halides is 1. The first-order valence-electron chi connectivity index (χ1n) is 6.26. The highest BCUT2D eigenvalue weighted by Gasteiger charge is 2.36. The minimum atomic E-state index is -1.43. The maximum atomic E-state index is 13.9. The lowest BCUT2D eigenvalue weighted by atomic mass is 9.90. The van der Waals surface area contributed by atoms with E-state index in [0.29, 0.717) is 0 Å². The molecule has 0 saturated carbocycles. The van der Waals surface area contributed by atoms with Crippen molar-refractivity contribution in [2.75, 3.05) is 13.1 Å². The van der Waals surface area contributed by atoms with Crippen molar-refractivity contribution in [1.29, 1.82) is 5.26 Å². The molecule has 2 unspecified atom stereocenters. The Hall–Kier alpha value is -1.64. The third kappa shape index (κ3) is 4.51. The molecule has 1 aliphatic rings. The number of nitriles is 1. The number of Topliss-reactive ketones (excluding diaryl/α,β-unsaturated/α-hetero) is 1. The molecule has 0 spiro atoms. The lowest BCUT2D eigenvalue weighted by Crippen LogP contribution is -2.48. The van der Waals surface area contributed by atoms with Gasteiger partial charge in [0, 0.05) is 6.54 Å². The maximum absolute atomic E-state index is 13.9. The van der Waals surface area contributed by atoms with Gasteiger partial charge in [0.05, 0.1) is 25.0 Å². The summed E-state index contributed by atoms with van der Waals surface area (Å²) in [6, 6.07) is 1.73. The van der Waals surface area contributed by atoms with Gasteiger partial charge in [-0.2, -0.15) is 5.26 Å². The smallest absolute Gasteiger partial charge is 0.410 e. The number of piperidine rings is 1. The molecule has 0 aromatic heterocycles. The molecule has 19 heavy (non-hydrogen) atoms. The Balaban J connectivity index is 2.57. The number of carbonyl (C=O) groups is 2. The van der Waals surface area contributed by atoms with Crippen LogP contribution in [0.2, 0.25) is 0 Å². The van der Waals surface area contributed by atoms with Crippen molar-refractivity contribution in [1.82, 2.24) is 4.90 Å². The molecular weight excluding hydrogens is 251 g/mol. The van der Waals surface area contributed by atoms with Crippen LogP contribution in [-0.4, -0.2) is 41.6 Å². The van der Waals surface area contributed by atoms with E-state index in [1.807, 2.05) is 0 Å². The molecule has 0 radical (unpaired) electrons. The van der Waals surface area contributed by atoms with Crippen LogP contribution in [0.3, 0.4) is 0 Å². The number of carbonyl (C=O) groups excluding carboxylic acids is 2. The summed E-state index contributed by atoms with van der Waals surface area (Å²) in [7, 11) is 0. The molecule has 1 saturated heterocycles. The summed E-state index contributed by atoms with van der Waals surface area (Å²) in [5, 5.41) is 8.44. The van der Waals surface area contributed by atoms with Crippen molar-refractivity contribution < 1.29 is 18.7 Å². The summed E-state index contributed by atoms with van der Waals surface area (Å²) in [6.45, 7) is 5.33. The van der Waals surface area contributed by atoms with Crippen LogP contribution < -0.4 is 0 Å². The molecule has 0 aliphatic carbocycles. The number of hydrogen-bond acceptors (Lipinski definition) is 4. The van der Waals surface area contributed by atoms with Gasteiger partial charge in [-0.05, 0) is 27.2 Å². The lowest BCUT2D eigenvalue weighted by molar-refractivity contribution is -0.125. The third-order valence-electron chi connectivity index (χ3n) is 2.86. The fraction of sp³-hybridized carbons (Fsp3) is 0.769. The molecule has 0 N–H and O–H groups in total. The monoisotopic (exact) mass is 270 g/mol. The zero-order chi connectivity index (χ0) is 14.6. The molecule has 0 bridgehead atoms. The molecule has 5 nitrogen and oxygen atoms in total. The van der Waals surface area contributed by atoms with E-state index in [1.165, 1.54) is 4.90 Å². The van der Waals surface area contributed by atoms with Gasteiger partial charge in [0.1, 0.15) is 11.8 Å². The van der Waals surface area contributed by atoms with Crippen molar-refractivity contribution >= 4 is 11.9 Å². The van der Waals surface area contributed by atoms with E-state index >= 15 is 0 Å². The predicted molar refractivity (Wildman–Crippen MR) is 66.0 cm³/mol. The first kappa shape index (κ1) is 15.4. The highest BCUT2D eigenvalue weighted by atomic mass is 19.1. The number of halogens is 1. The van der Waals surface area contributed by atoms with Crippen LogP contribution in [0.5, 0.6) is 0 Å². The quantitative estimate of drug-likeness (QED) is 0.770. The molecule has 1 rings (SSSR count). The largest absolute Gasteiger partial charge is 0.444 e. The summed E-state index contributed by atoms with van der Waals surface area (Å²) in [4.78, 5) is 24.5. The van der Waals surface area contributed by atoms with Gasteiger partial charge in [-0.1, -0.05) is 0 Å². The minimum absolute atomic E-state index is 0.156. The molecular formula is C13H19FN2O3. The molecule has 1 amide bonds. The lowest BCUT2D eigenvalue weighted by Gasteiger charge is -2.34. The predicted octanol–water partition coefficient (Wildman–Crippen LogP) is 2.06. The number of hydrogen-bond donors (Lipinski definition) is 0. The summed E-state index contributed by atoms with van der Waals surface area (Å²) < 4.78 is 19.0. The Labute approximate surface area is 112 Å². The maximum Gasteiger partial charge on any atom is 0.410 e. The van der Waals surface area contributed by atoms with Gasteiger partial charge in [0.25, 0.3) is 0 Å². The fourth-order valence-corrected chi connectivity index (χ4v) is 1.97. The van der Waals surface area contributed by atoms with E-state index < -0.39 is 23.8 Å². The number of nitrogens with zero attached hydrogens (tertiary/aromatic N) is 2. The zero-order valence-electron chi connectivity index (χ0n) is 11.5. The minimum Gasteiger partial charge on any atom is -0.444 e. The highest BCUT2D eigenvalue weighted by Crippen LogP contribution is 2.24. The Morgan fingerprint density at radius 1 is 1.47 bits per heavy atom. The van der Waals surface area contributed by atoms with E-state index in [4.69, 9.17) is 10.00 Å². The van der Waals surface area contributed by atoms with Crippen molar-refractivity contribution in [3.63, 3.8) is 0 Å². The van der Waals surface area contributed by atoms with Crippen LogP contribution >= 0.6 is 0 Å². The average Bonchev–Trinajstić information content (AvgIpc) is 2.26. The van der Waals surface area contributed by atoms with Crippen LogP contribution in [-0.2, 0) is 9.53 Å². The van der Waals surface area contributed by atoms with Crippen LogP contribution in [0.25, 0.3) is 0 Å². The summed E-state index contributed by atoms with van der Waals surface area (Å²) in [5.74, 6) is -1.17. The van der Waals surface area contributed by atoms with Gasteiger partial charge in [0.2, 0.25) is 0 Å². The number of likely N-dealkylation sites (tertiary alicyclic amines) is 1. The average molecular weight is 270 g/mol. The Morgan fingerprint density at radius 3 is 2.58 bits per heavy atom. The second kappa shape index (κ2) is 6.00. The Morgan fingerprint density at radius 2 is 2.11 bits per heavy atom. The third-order valence-corrected chi connectivity index (χ3v) is 2.86. The van der Waals surface area contributed by atoms with E-state index in [9.17, 15) is 14.0 Å². The molecule has 0 aromatic rings. The standard InChI is InChI=1S/C13H19FN2O3/c1-13(2,3)19-12(18)16-7-5-9(10(14)8-16)11(17)4-6-15/h9-10H,4-5,7-8H2,1-3H3. The van der Waals surface area contributed by atoms with Crippen molar-refractivity contribution in [3.8, 4) is 6.07 Å². The molecule has 0 aromatic carbocycles. The molecule has 2 atom stereocenters. The number of amides is 1. The highest BCUT2D eigenvalue weighted by molar-refractivity contribution is 5.83. The Kier molecular flexibility index (Phi) is 4.87. The van der Waals surface area contributed by atoms with Crippen LogP contribution in [0, 0.1) is 17.2 Å². The van der Waals surface area contributed by atoms with E-state index in [2.05, 4.69) is 0 Å². The van der Waals surface area contributed by atoms with Gasteiger partial charge in [-0.3, -0.25) is 4.79 Å². The first-order valence-corrected chi connectivity index (χ1v) is 6.26. The topological polar surface area (TPSA) is 70.4 Å². The van der Waals surface area contributed by atoms with E-state index in [-0.39, 0.29) is 31.7 Å². The molecule has 106 valence electrons. The van der Waals surface area contributed by atoms with Gasteiger partial charge < -0.3 is 9.64 Å². The second-order valence-electron chi connectivity index (χ2n) is 5.64. The van der Waals surface area contributed by atoms with Crippen LogP contribution in [0.1, 0.15) is 33.6 Å². The Bertz CT molecular complexity index is 398. The second-order valence-corrected chi connectivity index (χ2v) is 5.64. The SMILES string of the molecule is CC(C)(C)OC(=O)N1CCC(C(=O)CC#N)C(F)C1. The molecule has 1 fully saturated rings. The van der Waals surface area contributed by atoms with Gasteiger partial charge in [-0.25, -0.2) is 9.18 Å². The number of ketones is 1. The van der Waals surface area contributed by atoms with E-state index in [0.717, 1.165) is 0 Å². The van der Waals surface area contributed by atoms with Crippen LogP contribution in [0.15, 0.2) is 0 Å². The molecule has 6 heteroatoms. The van der Waals surface area contributed by atoms with Gasteiger partial charge in [0.15, 0.2) is 5.78 Å². The fourth-order valence-electron chi connectivity index (χ4n) is 1.97. The van der Waals surface area contributed by atoms with Crippen LogP contribution in [0.4, 0.5) is 9.18 Å². The van der Waals surface area contributed by atoms with E-state index in [1.54, 1.807) is 26.8 Å².